The average molecular weight is 259 g/mol. The molecule has 10 heavy (non-hydrogen) atoms. The number of rotatable bonds is 0. The maximum atomic E-state index is 4.74. The van der Waals surface area contributed by atoms with Gasteiger partial charge in [0.05, 0.1) is 0 Å². The molecule has 0 spiro atoms. The van der Waals surface area contributed by atoms with E-state index in [1.807, 2.05) is 30.3 Å². The van der Waals surface area contributed by atoms with Crippen LogP contribution in [-0.2, 0) is 0 Å². The van der Waals surface area contributed by atoms with Crippen LogP contribution in [0.15, 0.2) is 34.8 Å². The van der Waals surface area contributed by atoms with Crippen molar-refractivity contribution in [1.29, 1.82) is 0 Å². The van der Waals surface area contributed by atoms with E-state index in [1.165, 1.54) is 0 Å². The summed E-state index contributed by atoms with van der Waals surface area (Å²) in [6.07, 6.45) is 0. The molecular formula is C6H5BrCl2P. The van der Waals surface area contributed by atoms with E-state index in [0.29, 0.717) is 7.29 Å². The van der Waals surface area contributed by atoms with Gasteiger partial charge < -0.3 is 0 Å². The van der Waals surface area contributed by atoms with Gasteiger partial charge in [-0.05, 0) is 12.1 Å². The highest BCUT2D eigenvalue weighted by molar-refractivity contribution is 9.10. The molecule has 0 heterocycles. The smallest absolute Gasteiger partial charge is 0.0704 e. The minimum atomic E-state index is 0.361. The normalized spacial score (nSPS) is 7.90. The quantitative estimate of drug-likeness (QED) is 0.593. The minimum absolute atomic E-state index is 0.361. The van der Waals surface area contributed by atoms with Crippen LogP contribution in [0.5, 0.6) is 0 Å². The molecule has 0 nitrogen and oxygen atoms in total. The highest BCUT2D eigenvalue weighted by atomic mass is 79.9. The molecule has 0 N–H and O–H groups in total. The number of hydrogen-bond acceptors (Lipinski definition) is 0. The summed E-state index contributed by atoms with van der Waals surface area (Å²) in [7, 11) is 0.361. The van der Waals surface area contributed by atoms with Gasteiger partial charge in [-0.2, -0.15) is 0 Å². The van der Waals surface area contributed by atoms with Gasteiger partial charge in [-0.15, -0.1) is 0 Å². The Morgan fingerprint density at radius 1 is 1.10 bits per heavy atom. The van der Waals surface area contributed by atoms with Gasteiger partial charge in [0, 0.05) is 4.47 Å². The van der Waals surface area contributed by atoms with E-state index in [-0.39, 0.29) is 0 Å². The van der Waals surface area contributed by atoms with Crippen LogP contribution in [0.4, 0.5) is 0 Å². The minimum Gasteiger partial charge on any atom is -0.0704 e. The summed E-state index contributed by atoms with van der Waals surface area (Å²) < 4.78 is 1.13. The Bertz CT molecular complexity index is 157. The highest BCUT2D eigenvalue weighted by Gasteiger charge is 1.74. The zero-order valence-electron chi connectivity index (χ0n) is 4.97. The van der Waals surface area contributed by atoms with Gasteiger partial charge in [0.2, 0.25) is 0 Å². The maximum Gasteiger partial charge on any atom is 0.141 e. The molecule has 55 valence electrons. The number of benzene rings is 1. The van der Waals surface area contributed by atoms with Gasteiger partial charge in [0.1, 0.15) is 7.29 Å². The van der Waals surface area contributed by atoms with E-state index in [0.717, 1.165) is 4.47 Å². The molecule has 0 fully saturated rings. The van der Waals surface area contributed by atoms with Crippen molar-refractivity contribution < 1.29 is 0 Å². The summed E-state index contributed by atoms with van der Waals surface area (Å²) in [5, 5.41) is 0. The molecule has 1 aromatic rings. The Morgan fingerprint density at radius 2 is 1.50 bits per heavy atom. The number of halogens is 3. The Kier molecular flexibility index (Phi) is 8.37. The van der Waals surface area contributed by atoms with Gasteiger partial charge in [-0.25, -0.2) is 0 Å². The van der Waals surface area contributed by atoms with Crippen molar-refractivity contribution in [3.8, 4) is 0 Å². The van der Waals surface area contributed by atoms with Crippen molar-refractivity contribution in [2.24, 2.45) is 0 Å². The second-order valence-electron chi connectivity index (χ2n) is 1.36. The molecule has 4 heteroatoms. The molecule has 0 amide bonds. The lowest BCUT2D eigenvalue weighted by Crippen LogP contribution is -1.55. The van der Waals surface area contributed by atoms with Crippen molar-refractivity contribution >= 4 is 45.7 Å². The fraction of sp³-hybridized carbons (Fsp3) is 0. The van der Waals surface area contributed by atoms with Crippen molar-refractivity contribution in [3.63, 3.8) is 0 Å². The first-order valence-corrected chi connectivity index (χ1v) is 5.94. The monoisotopic (exact) mass is 257 g/mol. The molecule has 0 atom stereocenters. The lowest BCUT2D eigenvalue weighted by atomic mass is 10.4. The average Bonchev–Trinajstić information content (AvgIpc) is 1.91. The molecule has 0 bridgehead atoms. The highest BCUT2D eigenvalue weighted by Crippen LogP contribution is 2.19. The molecule has 0 aliphatic rings. The third-order valence-electron chi connectivity index (χ3n) is 0.733. The van der Waals surface area contributed by atoms with Gasteiger partial charge in [0.15, 0.2) is 0 Å². The fourth-order valence-corrected chi connectivity index (χ4v) is 0.720. The van der Waals surface area contributed by atoms with Crippen LogP contribution in [0.2, 0.25) is 0 Å². The Morgan fingerprint density at radius 3 is 1.70 bits per heavy atom. The molecule has 1 radical (unpaired) electrons. The summed E-state index contributed by atoms with van der Waals surface area (Å²) in [5.74, 6) is 0. The Hall–Kier alpha value is 0.710. The van der Waals surface area contributed by atoms with Crippen molar-refractivity contribution in [2.45, 2.75) is 0 Å². The maximum absolute atomic E-state index is 4.74. The largest absolute Gasteiger partial charge is 0.141 e. The van der Waals surface area contributed by atoms with Crippen LogP contribution in [0.1, 0.15) is 0 Å². The zero-order valence-corrected chi connectivity index (χ0v) is 8.96. The van der Waals surface area contributed by atoms with Crippen LogP contribution in [0.3, 0.4) is 0 Å². The van der Waals surface area contributed by atoms with E-state index < -0.39 is 0 Å². The van der Waals surface area contributed by atoms with E-state index >= 15 is 0 Å². The predicted molar refractivity (Wildman–Crippen MR) is 52.8 cm³/mol. The summed E-state index contributed by atoms with van der Waals surface area (Å²) in [6.45, 7) is 0. The molecule has 1 rings (SSSR count). The van der Waals surface area contributed by atoms with E-state index in [4.69, 9.17) is 22.5 Å². The second kappa shape index (κ2) is 7.81. The molecule has 0 aliphatic carbocycles. The SMILES string of the molecule is Brc1ccccc1.Cl[P]Cl. The third kappa shape index (κ3) is 6.82. The Balaban J connectivity index is 0.000000236. The number of hydrogen-bond donors (Lipinski definition) is 0. The molecule has 0 saturated carbocycles. The van der Waals surface area contributed by atoms with Crippen LogP contribution >= 0.6 is 45.7 Å². The first-order chi connectivity index (χ1) is 4.81. The van der Waals surface area contributed by atoms with E-state index in [2.05, 4.69) is 15.9 Å². The molecule has 0 aromatic heterocycles. The zero-order chi connectivity index (χ0) is 7.82. The first kappa shape index (κ1) is 10.7. The van der Waals surface area contributed by atoms with Crippen molar-refractivity contribution in [2.75, 3.05) is 0 Å². The molecule has 0 unspecified atom stereocenters. The third-order valence-corrected chi connectivity index (χ3v) is 1.26. The van der Waals surface area contributed by atoms with Crippen LogP contribution in [-0.4, -0.2) is 0 Å². The standard InChI is InChI=1S/C6H5Br.Cl2P/c7-6-4-2-1-3-5-6;1-3-2/h1-5H;. The summed E-state index contributed by atoms with van der Waals surface area (Å²) >= 11 is 12.8. The summed E-state index contributed by atoms with van der Waals surface area (Å²) in [5.41, 5.74) is 0. The fourth-order valence-electron chi connectivity index (χ4n) is 0.415. The lowest BCUT2D eigenvalue weighted by Gasteiger charge is -1.80. The first-order valence-electron chi connectivity index (χ1n) is 2.44. The van der Waals surface area contributed by atoms with Crippen molar-refractivity contribution in [1.82, 2.24) is 0 Å². The van der Waals surface area contributed by atoms with Gasteiger partial charge in [0.25, 0.3) is 0 Å². The second-order valence-corrected chi connectivity index (χ2v) is 3.94. The van der Waals surface area contributed by atoms with Gasteiger partial charge >= 0.3 is 0 Å². The topological polar surface area (TPSA) is 0 Å². The van der Waals surface area contributed by atoms with Crippen LogP contribution in [0, 0.1) is 0 Å². The summed E-state index contributed by atoms with van der Waals surface area (Å²) in [6, 6.07) is 9.97. The van der Waals surface area contributed by atoms with Crippen LogP contribution < -0.4 is 0 Å². The van der Waals surface area contributed by atoms with Gasteiger partial charge in [-0.1, -0.05) is 56.6 Å². The molecule has 0 aliphatic heterocycles. The van der Waals surface area contributed by atoms with Crippen molar-refractivity contribution in [3.05, 3.63) is 34.8 Å². The van der Waals surface area contributed by atoms with Gasteiger partial charge in [-0.3, -0.25) is 0 Å². The lowest BCUT2D eigenvalue weighted by molar-refractivity contribution is 1.66. The summed E-state index contributed by atoms with van der Waals surface area (Å²) in [4.78, 5) is 0. The molecule has 1 aromatic carbocycles. The molecule has 0 saturated heterocycles. The van der Waals surface area contributed by atoms with Crippen LogP contribution in [0.25, 0.3) is 0 Å². The van der Waals surface area contributed by atoms with E-state index in [1.54, 1.807) is 0 Å². The molecular weight excluding hydrogens is 254 g/mol. The Labute approximate surface area is 80.4 Å². The predicted octanol–water partition coefficient (Wildman–Crippen LogP) is 4.69. The van der Waals surface area contributed by atoms with E-state index in [9.17, 15) is 0 Å².